The minimum absolute atomic E-state index is 0.00463. The van der Waals surface area contributed by atoms with Crippen molar-refractivity contribution in [1.29, 1.82) is 0 Å². The van der Waals surface area contributed by atoms with Gasteiger partial charge in [0.1, 0.15) is 5.69 Å². The van der Waals surface area contributed by atoms with Gasteiger partial charge in [0.05, 0.1) is 12.6 Å². The summed E-state index contributed by atoms with van der Waals surface area (Å²) < 4.78 is 1.33. The van der Waals surface area contributed by atoms with E-state index in [0.717, 1.165) is 18.4 Å². The lowest BCUT2D eigenvalue weighted by Crippen LogP contribution is -2.31. The number of carbonyl (C=O) groups excluding carboxylic acids is 1. The van der Waals surface area contributed by atoms with Gasteiger partial charge in [0.25, 0.3) is 11.5 Å². The second-order valence-corrected chi connectivity index (χ2v) is 6.46. The van der Waals surface area contributed by atoms with E-state index in [-0.39, 0.29) is 23.2 Å². The fourth-order valence-corrected chi connectivity index (χ4v) is 3.38. The lowest BCUT2D eigenvalue weighted by atomic mass is 10.1. The first kappa shape index (κ1) is 16.3. The molecule has 1 atom stereocenters. The zero-order valence-corrected chi connectivity index (χ0v) is 14.3. The van der Waals surface area contributed by atoms with Gasteiger partial charge in [-0.2, -0.15) is 5.10 Å². The highest BCUT2D eigenvalue weighted by molar-refractivity contribution is 5.92. The molecule has 0 saturated heterocycles. The fourth-order valence-electron chi connectivity index (χ4n) is 3.38. The molecule has 26 heavy (non-hydrogen) atoms. The van der Waals surface area contributed by atoms with Crippen LogP contribution in [0.2, 0.25) is 0 Å². The Labute approximate surface area is 151 Å². The van der Waals surface area contributed by atoms with Crippen molar-refractivity contribution >= 4 is 5.91 Å². The molecule has 0 fully saturated rings. The molecule has 2 aromatic carbocycles. The topological polar surface area (TPSA) is 64.0 Å². The minimum atomic E-state index is -0.256. The summed E-state index contributed by atoms with van der Waals surface area (Å²) in [4.78, 5) is 24.7. The maximum absolute atomic E-state index is 12.6. The van der Waals surface area contributed by atoms with E-state index >= 15 is 0 Å². The standard InChI is InChI=1S/C21H19N3O2/c25-20-13-12-19(23-24(20)14-15-6-2-1-3-7-15)21(26)22-18-11-10-16-8-4-5-9-17(16)18/h1-9,12-13,18H,10-11,14H2,(H,22,26). The number of nitrogens with zero attached hydrogens (tertiary/aromatic N) is 2. The third-order valence-electron chi connectivity index (χ3n) is 4.71. The van der Waals surface area contributed by atoms with Gasteiger partial charge in [-0.3, -0.25) is 9.59 Å². The summed E-state index contributed by atoms with van der Waals surface area (Å²) in [6.45, 7) is 0.340. The van der Waals surface area contributed by atoms with Crippen molar-refractivity contribution in [3.63, 3.8) is 0 Å². The number of aryl methyl sites for hydroxylation is 1. The van der Waals surface area contributed by atoms with Crippen molar-refractivity contribution in [1.82, 2.24) is 15.1 Å². The van der Waals surface area contributed by atoms with Crippen LogP contribution in [0.15, 0.2) is 71.5 Å². The van der Waals surface area contributed by atoms with Gasteiger partial charge < -0.3 is 5.32 Å². The Morgan fingerprint density at radius 1 is 1.04 bits per heavy atom. The number of carbonyl (C=O) groups is 1. The summed E-state index contributed by atoms with van der Waals surface area (Å²) in [7, 11) is 0. The Kier molecular flexibility index (Phi) is 4.35. The predicted molar refractivity (Wildman–Crippen MR) is 99.0 cm³/mol. The van der Waals surface area contributed by atoms with Gasteiger partial charge in [0.15, 0.2) is 0 Å². The molecule has 1 heterocycles. The molecule has 1 aromatic heterocycles. The van der Waals surface area contributed by atoms with E-state index in [1.807, 2.05) is 42.5 Å². The second-order valence-electron chi connectivity index (χ2n) is 6.46. The quantitative estimate of drug-likeness (QED) is 0.791. The lowest BCUT2D eigenvalue weighted by Gasteiger charge is -2.14. The first-order chi connectivity index (χ1) is 12.7. The van der Waals surface area contributed by atoms with Gasteiger partial charge in [-0.25, -0.2) is 4.68 Å². The van der Waals surface area contributed by atoms with Crippen molar-refractivity contribution in [3.05, 3.63) is 99.5 Å². The Bertz CT molecular complexity index is 995. The summed E-state index contributed by atoms with van der Waals surface area (Å²) in [5.41, 5.74) is 3.43. The number of hydrogen-bond donors (Lipinski definition) is 1. The smallest absolute Gasteiger partial charge is 0.272 e. The van der Waals surface area contributed by atoms with E-state index in [1.54, 1.807) is 0 Å². The Hall–Kier alpha value is -3.21. The third kappa shape index (κ3) is 3.28. The van der Waals surface area contributed by atoms with Crippen LogP contribution in [0, 0.1) is 0 Å². The van der Waals surface area contributed by atoms with Crippen molar-refractivity contribution in [2.75, 3.05) is 0 Å². The monoisotopic (exact) mass is 345 g/mol. The molecule has 5 nitrogen and oxygen atoms in total. The highest BCUT2D eigenvalue weighted by Crippen LogP contribution is 2.30. The molecule has 0 bridgehead atoms. The van der Waals surface area contributed by atoms with Crippen LogP contribution in [0.1, 0.15) is 39.6 Å². The highest BCUT2D eigenvalue weighted by Gasteiger charge is 2.24. The van der Waals surface area contributed by atoms with E-state index in [4.69, 9.17) is 0 Å². The summed E-state index contributed by atoms with van der Waals surface area (Å²) >= 11 is 0. The van der Waals surface area contributed by atoms with E-state index < -0.39 is 0 Å². The molecule has 1 unspecified atom stereocenters. The average molecular weight is 345 g/mol. The maximum atomic E-state index is 12.6. The summed E-state index contributed by atoms with van der Waals surface area (Å²) in [5.74, 6) is -0.256. The summed E-state index contributed by atoms with van der Waals surface area (Å²) in [6.07, 6.45) is 1.84. The van der Waals surface area contributed by atoms with Gasteiger partial charge in [-0.15, -0.1) is 0 Å². The molecule has 1 amide bonds. The molecule has 4 rings (SSSR count). The SMILES string of the molecule is O=C(NC1CCc2ccccc21)c1ccc(=O)n(Cc2ccccc2)n1. The fraction of sp³-hybridized carbons (Fsp3) is 0.190. The predicted octanol–water partition coefficient (Wildman–Crippen LogP) is 2.71. The largest absolute Gasteiger partial charge is 0.344 e. The first-order valence-electron chi connectivity index (χ1n) is 8.71. The Morgan fingerprint density at radius 2 is 1.81 bits per heavy atom. The number of hydrogen-bond acceptors (Lipinski definition) is 3. The van der Waals surface area contributed by atoms with Crippen LogP contribution in [0.3, 0.4) is 0 Å². The first-order valence-corrected chi connectivity index (χ1v) is 8.71. The number of aromatic nitrogens is 2. The molecule has 5 heteroatoms. The molecular weight excluding hydrogens is 326 g/mol. The molecule has 1 aliphatic rings. The third-order valence-corrected chi connectivity index (χ3v) is 4.71. The number of amides is 1. The molecule has 130 valence electrons. The highest BCUT2D eigenvalue weighted by atomic mass is 16.2. The van der Waals surface area contributed by atoms with Crippen molar-refractivity contribution in [2.45, 2.75) is 25.4 Å². The molecule has 1 aliphatic carbocycles. The van der Waals surface area contributed by atoms with Crippen LogP contribution in [0.5, 0.6) is 0 Å². The average Bonchev–Trinajstić information content (AvgIpc) is 3.07. The molecule has 0 radical (unpaired) electrons. The lowest BCUT2D eigenvalue weighted by molar-refractivity contribution is 0.0929. The second kappa shape index (κ2) is 6.96. The van der Waals surface area contributed by atoms with E-state index in [1.165, 1.54) is 27.9 Å². The van der Waals surface area contributed by atoms with Gasteiger partial charge in [-0.05, 0) is 35.6 Å². The van der Waals surface area contributed by atoms with Gasteiger partial charge in [0, 0.05) is 6.07 Å². The van der Waals surface area contributed by atoms with E-state index in [9.17, 15) is 9.59 Å². The van der Waals surface area contributed by atoms with Crippen LogP contribution in [-0.4, -0.2) is 15.7 Å². The zero-order valence-electron chi connectivity index (χ0n) is 14.3. The summed E-state index contributed by atoms with van der Waals surface area (Å²) in [5, 5.41) is 7.30. The van der Waals surface area contributed by atoms with Crippen molar-refractivity contribution in [3.8, 4) is 0 Å². The van der Waals surface area contributed by atoms with Gasteiger partial charge in [0.2, 0.25) is 0 Å². The van der Waals surface area contributed by atoms with Crippen LogP contribution < -0.4 is 10.9 Å². The number of fused-ring (bicyclic) bond motifs is 1. The molecule has 1 N–H and O–H groups in total. The number of nitrogens with one attached hydrogen (secondary N) is 1. The normalized spacial score (nSPS) is 15.5. The van der Waals surface area contributed by atoms with E-state index in [2.05, 4.69) is 22.5 Å². The minimum Gasteiger partial charge on any atom is -0.344 e. The van der Waals surface area contributed by atoms with Crippen LogP contribution in [-0.2, 0) is 13.0 Å². The Morgan fingerprint density at radius 3 is 2.65 bits per heavy atom. The van der Waals surface area contributed by atoms with Crippen molar-refractivity contribution in [2.24, 2.45) is 0 Å². The molecule has 0 spiro atoms. The molecular formula is C21H19N3O2. The van der Waals surface area contributed by atoms with E-state index in [0.29, 0.717) is 6.54 Å². The zero-order chi connectivity index (χ0) is 17.9. The van der Waals surface area contributed by atoms with Crippen LogP contribution in [0.4, 0.5) is 0 Å². The number of benzene rings is 2. The van der Waals surface area contributed by atoms with Gasteiger partial charge >= 0.3 is 0 Å². The molecule has 3 aromatic rings. The van der Waals surface area contributed by atoms with Crippen LogP contribution in [0.25, 0.3) is 0 Å². The summed E-state index contributed by atoms with van der Waals surface area (Å²) in [6, 6.07) is 20.6. The van der Waals surface area contributed by atoms with Crippen LogP contribution >= 0.6 is 0 Å². The number of rotatable bonds is 4. The molecule has 0 aliphatic heterocycles. The maximum Gasteiger partial charge on any atom is 0.272 e. The molecule has 0 saturated carbocycles. The Balaban J connectivity index is 1.54. The van der Waals surface area contributed by atoms with Crippen molar-refractivity contribution < 1.29 is 4.79 Å². The van der Waals surface area contributed by atoms with Gasteiger partial charge in [-0.1, -0.05) is 54.6 Å².